The van der Waals surface area contributed by atoms with E-state index in [9.17, 15) is 5.11 Å². The fraction of sp³-hybridized carbons (Fsp3) is 1.00. The summed E-state index contributed by atoms with van der Waals surface area (Å²) in [6.45, 7) is 13.3. The molecule has 0 aromatic rings. The van der Waals surface area contributed by atoms with Crippen LogP contribution in [0.1, 0.15) is 48.0 Å². The summed E-state index contributed by atoms with van der Waals surface area (Å²) in [5.41, 5.74) is -0.398. The summed E-state index contributed by atoms with van der Waals surface area (Å²) in [7, 11) is 0. The lowest BCUT2D eigenvalue weighted by molar-refractivity contribution is 0.00467. The maximum Gasteiger partial charge on any atom is 0.0654 e. The molecule has 2 N–H and O–H groups in total. The van der Waals surface area contributed by atoms with E-state index < -0.39 is 5.60 Å². The van der Waals surface area contributed by atoms with Crippen LogP contribution in [0.5, 0.6) is 0 Å². The molecule has 0 aliphatic heterocycles. The molecule has 80 valence electrons. The Kier molecular flexibility index (Phi) is 4.40. The van der Waals surface area contributed by atoms with E-state index in [0.717, 1.165) is 13.0 Å². The monoisotopic (exact) mass is 187 g/mol. The van der Waals surface area contributed by atoms with Crippen LogP contribution < -0.4 is 5.32 Å². The van der Waals surface area contributed by atoms with Gasteiger partial charge in [0.2, 0.25) is 0 Å². The molecule has 0 radical (unpaired) electrons. The second-order valence-corrected chi connectivity index (χ2v) is 5.44. The summed E-state index contributed by atoms with van der Waals surface area (Å²) in [5, 5.41) is 13.3. The van der Waals surface area contributed by atoms with Crippen molar-refractivity contribution in [1.29, 1.82) is 0 Å². The van der Waals surface area contributed by atoms with Crippen LogP contribution in [-0.4, -0.2) is 22.8 Å². The lowest BCUT2D eigenvalue weighted by Crippen LogP contribution is -2.41. The topological polar surface area (TPSA) is 32.3 Å². The number of hydrogen-bond acceptors (Lipinski definition) is 2. The second kappa shape index (κ2) is 4.43. The van der Waals surface area contributed by atoms with Crippen molar-refractivity contribution in [3.05, 3.63) is 0 Å². The third-order valence-electron chi connectivity index (χ3n) is 2.53. The second-order valence-electron chi connectivity index (χ2n) is 5.44. The van der Waals surface area contributed by atoms with E-state index in [2.05, 4.69) is 39.9 Å². The first-order valence-corrected chi connectivity index (χ1v) is 5.12. The highest BCUT2D eigenvalue weighted by atomic mass is 16.3. The highest BCUT2D eigenvalue weighted by molar-refractivity contribution is 4.79. The van der Waals surface area contributed by atoms with Crippen molar-refractivity contribution in [3.8, 4) is 0 Å². The summed E-state index contributed by atoms with van der Waals surface area (Å²) in [6.07, 6.45) is 0.807. The third kappa shape index (κ3) is 6.05. The maximum atomic E-state index is 9.95. The van der Waals surface area contributed by atoms with E-state index in [1.165, 1.54) is 0 Å². The number of hydrogen-bond donors (Lipinski definition) is 2. The van der Waals surface area contributed by atoms with Gasteiger partial charge in [0, 0.05) is 5.54 Å². The first kappa shape index (κ1) is 12.9. The van der Waals surface area contributed by atoms with Gasteiger partial charge in [-0.05, 0) is 46.6 Å². The minimum atomic E-state index is -0.543. The smallest absolute Gasteiger partial charge is 0.0654 e. The van der Waals surface area contributed by atoms with Gasteiger partial charge in [-0.3, -0.25) is 0 Å². The van der Waals surface area contributed by atoms with Crippen LogP contribution in [0, 0.1) is 5.92 Å². The number of nitrogens with one attached hydrogen (secondary N) is 1. The fourth-order valence-corrected chi connectivity index (χ4v) is 0.979. The van der Waals surface area contributed by atoms with Crippen LogP contribution >= 0.6 is 0 Å². The van der Waals surface area contributed by atoms with Gasteiger partial charge < -0.3 is 10.4 Å². The zero-order valence-electron chi connectivity index (χ0n) is 9.94. The third-order valence-corrected chi connectivity index (χ3v) is 2.53. The Hall–Kier alpha value is -0.0800. The quantitative estimate of drug-likeness (QED) is 0.707. The largest absolute Gasteiger partial charge is 0.390 e. The Balaban J connectivity index is 3.77. The molecule has 2 heteroatoms. The van der Waals surface area contributed by atoms with Gasteiger partial charge in [0.15, 0.2) is 0 Å². The zero-order valence-corrected chi connectivity index (χ0v) is 9.94. The molecule has 0 aromatic carbocycles. The van der Waals surface area contributed by atoms with Gasteiger partial charge >= 0.3 is 0 Å². The standard InChI is InChI=1S/C11H25NO/c1-9(2)11(6,13)7-8-12-10(3,4)5/h9,12-13H,7-8H2,1-6H3. The number of aliphatic hydroxyl groups is 1. The van der Waals surface area contributed by atoms with Gasteiger partial charge in [-0.2, -0.15) is 0 Å². The summed E-state index contributed by atoms with van der Waals surface area (Å²) in [6, 6.07) is 0. The summed E-state index contributed by atoms with van der Waals surface area (Å²) in [5.74, 6) is 0.314. The van der Waals surface area contributed by atoms with Crippen molar-refractivity contribution in [3.63, 3.8) is 0 Å². The Labute approximate surface area is 82.7 Å². The molecular weight excluding hydrogens is 162 g/mol. The van der Waals surface area contributed by atoms with Crippen LogP contribution in [0.3, 0.4) is 0 Å². The first-order chi connectivity index (χ1) is 5.65. The molecule has 0 fully saturated rings. The maximum absolute atomic E-state index is 9.95. The molecule has 13 heavy (non-hydrogen) atoms. The minimum Gasteiger partial charge on any atom is -0.390 e. The lowest BCUT2D eigenvalue weighted by Gasteiger charge is -2.30. The molecule has 0 heterocycles. The molecule has 0 saturated carbocycles. The Morgan fingerprint density at radius 2 is 1.62 bits per heavy atom. The van der Waals surface area contributed by atoms with E-state index >= 15 is 0 Å². The molecule has 0 rings (SSSR count). The highest BCUT2D eigenvalue weighted by Crippen LogP contribution is 2.19. The molecule has 0 aromatic heterocycles. The molecule has 0 saturated heterocycles. The molecule has 0 amide bonds. The highest BCUT2D eigenvalue weighted by Gasteiger charge is 2.24. The van der Waals surface area contributed by atoms with Crippen molar-refractivity contribution >= 4 is 0 Å². The summed E-state index contributed by atoms with van der Waals surface area (Å²) >= 11 is 0. The SMILES string of the molecule is CC(C)C(C)(O)CCNC(C)(C)C. The van der Waals surface area contributed by atoms with E-state index in [1.807, 2.05) is 6.92 Å². The fourth-order valence-electron chi connectivity index (χ4n) is 0.979. The van der Waals surface area contributed by atoms with Crippen LogP contribution in [0.15, 0.2) is 0 Å². The summed E-state index contributed by atoms with van der Waals surface area (Å²) in [4.78, 5) is 0. The Morgan fingerprint density at radius 3 is 1.92 bits per heavy atom. The van der Waals surface area contributed by atoms with Gasteiger partial charge in [0.25, 0.3) is 0 Å². The van der Waals surface area contributed by atoms with Crippen molar-refractivity contribution in [2.45, 2.75) is 59.1 Å². The van der Waals surface area contributed by atoms with Gasteiger partial charge in [-0.15, -0.1) is 0 Å². The lowest BCUT2D eigenvalue weighted by atomic mass is 9.89. The van der Waals surface area contributed by atoms with Crippen molar-refractivity contribution in [1.82, 2.24) is 5.32 Å². The first-order valence-electron chi connectivity index (χ1n) is 5.12. The molecule has 0 spiro atoms. The minimum absolute atomic E-state index is 0.146. The van der Waals surface area contributed by atoms with E-state index in [1.54, 1.807) is 0 Å². The van der Waals surface area contributed by atoms with Gasteiger partial charge in [0.05, 0.1) is 5.60 Å². The average molecular weight is 187 g/mol. The van der Waals surface area contributed by atoms with Gasteiger partial charge in [-0.25, -0.2) is 0 Å². The zero-order chi connectivity index (χ0) is 10.7. The molecule has 1 atom stereocenters. The Morgan fingerprint density at radius 1 is 1.15 bits per heavy atom. The molecule has 1 unspecified atom stereocenters. The molecule has 0 aliphatic rings. The van der Waals surface area contributed by atoms with Gasteiger partial charge in [0.1, 0.15) is 0 Å². The van der Waals surface area contributed by atoms with Crippen molar-refractivity contribution < 1.29 is 5.11 Å². The van der Waals surface area contributed by atoms with E-state index in [0.29, 0.717) is 5.92 Å². The van der Waals surface area contributed by atoms with Crippen LogP contribution in [0.25, 0.3) is 0 Å². The molecule has 0 bridgehead atoms. The van der Waals surface area contributed by atoms with Crippen LogP contribution in [0.4, 0.5) is 0 Å². The van der Waals surface area contributed by atoms with Crippen LogP contribution in [-0.2, 0) is 0 Å². The van der Waals surface area contributed by atoms with Crippen molar-refractivity contribution in [2.75, 3.05) is 6.54 Å². The van der Waals surface area contributed by atoms with Crippen LogP contribution in [0.2, 0.25) is 0 Å². The predicted octanol–water partition coefficient (Wildman–Crippen LogP) is 2.17. The molecule has 2 nitrogen and oxygen atoms in total. The van der Waals surface area contributed by atoms with Crippen molar-refractivity contribution in [2.24, 2.45) is 5.92 Å². The van der Waals surface area contributed by atoms with E-state index in [-0.39, 0.29) is 5.54 Å². The predicted molar refractivity (Wildman–Crippen MR) is 57.8 cm³/mol. The summed E-state index contributed by atoms with van der Waals surface area (Å²) < 4.78 is 0. The Bertz CT molecular complexity index is 145. The molecular formula is C11H25NO. The van der Waals surface area contributed by atoms with E-state index in [4.69, 9.17) is 0 Å². The molecule has 0 aliphatic carbocycles. The average Bonchev–Trinajstić information content (AvgIpc) is 1.82. The van der Waals surface area contributed by atoms with Gasteiger partial charge in [-0.1, -0.05) is 13.8 Å². The number of rotatable bonds is 4. The normalized spacial score (nSPS) is 17.5.